The summed E-state index contributed by atoms with van der Waals surface area (Å²) >= 11 is 0. The fourth-order valence-corrected chi connectivity index (χ4v) is 3.44. The molecule has 2 aromatic carbocycles. The lowest BCUT2D eigenvalue weighted by molar-refractivity contribution is -0.0892. The first kappa shape index (κ1) is 19.5. The van der Waals surface area contributed by atoms with Crippen molar-refractivity contribution in [1.29, 1.82) is 0 Å². The molecule has 2 atom stereocenters. The van der Waals surface area contributed by atoms with E-state index in [2.05, 4.69) is 18.7 Å². The topological polar surface area (TPSA) is 40.2 Å². The van der Waals surface area contributed by atoms with Gasteiger partial charge in [-0.1, -0.05) is 30.3 Å². The Morgan fingerprint density at radius 3 is 2.22 bits per heavy atom. The average Bonchev–Trinajstić information content (AvgIpc) is 2.72. The van der Waals surface area contributed by atoms with Crippen LogP contribution in [-0.2, 0) is 4.74 Å². The average molecular weight is 371 g/mol. The van der Waals surface area contributed by atoms with E-state index in [1.807, 2.05) is 48.5 Å². The van der Waals surface area contributed by atoms with Crippen molar-refractivity contribution >= 4 is 0 Å². The van der Waals surface area contributed by atoms with E-state index in [0.29, 0.717) is 24.1 Å². The largest absolute Gasteiger partial charge is 0.496 e. The van der Waals surface area contributed by atoms with E-state index in [-0.39, 0.29) is 12.2 Å². The lowest BCUT2D eigenvalue weighted by atomic mass is 10.0. The first-order valence-electron chi connectivity index (χ1n) is 9.42. The molecule has 0 radical (unpaired) electrons. The van der Waals surface area contributed by atoms with Gasteiger partial charge < -0.3 is 18.9 Å². The number of nitrogens with zero attached hydrogens (tertiary/aromatic N) is 1. The monoisotopic (exact) mass is 371 g/mol. The summed E-state index contributed by atoms with van der Waals surface area (Å²) in [6.45, 7) is 6.84. The van der Waals surface area contributed by atoms with E-state index in [0.717, 1.165) is 24.4 Å². The van der Waals surface area contributed by atoms with Gasteiger partial charge in [0.25, 0.3) is 0 Å². The number of ether oxygens (including phenoxy) is 4. The molecule has 3 rings (SSSR count). The van der Waals surface area contributed by atoms with Gasteiger partial charge in [0.2, 0.25) is 0 Å². The number of para-hydroxylation sites is 3. The van der Waals surface area contributed by atoms with Crippen LogP contribution in [0.2, 0.25) is 0 Å². The predicted octanol–water partition coefficient (Wildman–Crippen LogP) is 3.93. The van der Waals surface area contributed by atoms with E-state index in [9.17, 15) is 0 Å². The maximum absolute atomic E-state index is 6.48. The molecule has 1 saturated heterocycles. The van der Waals surface area contributed by atoms with Gasteiger partial charge in [-0.3, -0.25) is 4.90 Å². The van der Waals surface area contributed by atoms with Crippen molar-refractivity contribution in [2.45, 2.75) is 32.1 Å². The lowest BCUT2D eigenvalue weighted by Gasteiger charge is -2.39. The summed E-state index contributed by atoms with van der Waals surface area (Å²) in [4.78, 5) is 2.42. The molecule has 2 aromatic rings. The van der Waals surface area contributed by atoms with Crippen LogP contribution < -0.4 is 14.2 Å². The number of benzene rings is 2. The molecule has 0 N–H and O–H groups in total. The predicted molar refractivity (Wildman–Crippen MR) is 106 cm³/mol. The second kappa shape index (κ2) is 9.11. The van der Waals surface area contributed by atoms with E-state index >= 15 is 0 Å². The molecule has 5 heteroatoms. The smallest absolute Gasteiger partial charge is 0.162 e. The molecule has 1 fully saturated rings. The second-order valence-electron chi connectivity index (χ2n) is 6.93. The third-order valence-corrected chi connectivity index (χ3v) is 4.96. The Morgan fingerprint density at radius 1 is 0.926 bits per heavy atom. The van der Waals surface area contributed by atoms with E-state index in [4.69, 9.17) is 18.9 Å². The summed E-state index contributed by atoms with van der Waals surface area (Å²) in [5, 5.41) is 0. The first-order valence-corrected chi connectivity index (χ1v) is 9.42. The fraction of sp³-hybridized carbons (Fsp3) is 0.455. The Labute approximate surface area is 161 Å². The summed E-state index contributed by atoms with van der Waals surface area (Å²) in [7, 11) is 3.33. The van der Waals surface area contributed by atoms with E-state index < -0.39 is 0 Å². The highest BCUT2D eigenvalue weighted by atomic mass is 16.6. The molecule has 1 aliphatic rings. The molecule has 1 heterocycles. The van der Waals surface area contributed by atoms with Gasteiger partial charge in [-0.25, -0.2) is 0 Å². The minimum Gasteiger partial charge on any atom is -0.496 e. The van der Waals surface area contributed by atoms with Crippen molar-refractivity contribution < 1.29 is 18.9 Å². The summed E-state index contributed by atoms with van der Waals surface area (Å²) in [5.41, 5.74) is 0.974. The molecule has 2 unspecified atom stereocenters. The number of hydrogen-bond acceptors (Lipinski definition) is 5. The van der Waals surface area contributed by atoms with Crippen LogP contribution in [0.15, 0.2) is 48.5 Å². The number of hydrogen-bond donors (Lipinski definition) is 0. The van der Waals surface area contributed by atoms with Crippen LogP contribution in [0.5, 0.6) is 17.2 Å². The molecular formula is C22H29NO4. The quantitative estimate of drug-likeness (QED) is 0.737. The third kappa shape index (κ3) is 4.54. The molecule has 0 bridgehead atoms. The van der Waals surface area contributed by atoms with Gasteiger partial charge in [-0.15, -0.1) is 0 Å². The second-order valence-corrected chi connectivity index (χ2v) is 6.93. The van der Waals surface area contributed by atoms with Gasteiger partial charge in [-0.2, -0.15) is 0 Å². The standard InChI is InChI=1S/C22H29NO4/c1-16(2)23-13-14-26-21(15-23)22(17-9-5-6-10-18(17)24-3)27-20-12-8-7-11-19(20)25-4/h5-12,16,21-22H,13-15H2,1-4H3. The molecule has 0 spiro atoms. The molecule has 27 heavy (non-hydrogen) atoms. The zero-order valence-electron chi connectivity index (χ0n) is 16.6. The molecular weight excluding hydrogens is 342 g/mol. The van der Waals surface area contributed by atoms with Gasteiger partial charge in [0.15, 0.2) is 17.6 Å². The minimum absolute atomic E-state index is 0.109. The highest BCUT2D eigenvalue weighted by molar-refractivity contribution is 5.42. The van der Waals surface area contributed by atoms with Crippen LogP contribution in [0.3, 0.4) is 0 Å². The molecule has 0 amide bonds. The van der Waals surface area contributed by atoms with Gasteiger partial charge in [0, 0.05) is 24.7 Å². The highest BCUT2D eigenvalue weighted by Crippen LogP contribution is 2.37. The molecule has 0 saturated carbocycles. The zero-order valence-corrected chi connectivity index (χ0v) is 16.6. The Morgan fingerprint density at radius 2 is 1.56 bits per heavy atom. The van der Waals surface area contributed by atoms with Crippen molar-refractivity contribution in [3.8, 4) is 17.2 Å². The number of methoxy groups -OCH3 is 2. The van der Waals surface area contributed by atoms with Crippen LogP contribution in [0.25, 0.3) is 0 Å². The summed E-state index contributed by atoms with van der Waals surface area (Å²) in [6, 6.07) is 16.1. The van der Waals surface area contributed by atoms with Gasteiger partial charge >= 0.3 is 0 Å². The molecule has 0 aromatic heterocycles. The van der Waals surface area contributed by atoms with Crippen molar-refractivity contribution in [3.63, 3.8) is 0 Å². The summed E-state index contributed by atoms with van der Waals surface area (Å²) in [5.74, 6) is 2.19. The van der Waals surface area contributed by atoms with Crippen molar-refractivity contribution in [3.05, 3.63) is 54.1 Å². The lowest BCUT2D eigenvalue weighted by Crippen LogP contribution is -2.48. The van der Waals surface area contributed by atoms with Crippen LogP contribution in [0, 0.1) is 0 Å². The van der Waals surface area contributed by atoms with Crippen LogP contribution in [0.1, 0.15) is 25.5 Å². The Hall–Kier alpha value is -2.24. The summed E-state index contributed by atoms with van der Waals surface area (Å²) < 4.78 is 23.7. The van der Waals surface area contributed by atoms with Crippen LogP contribution in [0.4, 0.5) is 0 Å². The highest BCUT2D eigenvalue weighted by Gasteiger charge is 2.34. The molecule has 0 aliphatic carbocycles. The first-order chi connectivity index (χ1) is 13.1. The normalized spacial score (nSPS) is 18.9. The fourth-order valence-electron chi connectivity index (χ4n) is 3.44. The van der Waals surface area contributed by atoms with Gasteiger partial charge in [0.05, 0.1) is 20.8 Å². The SMILES string of the molecule is COc1ccccc1OC(c1ccccc1OC)C1CN(C(C)C)CCO1. The Balaban J connectivity index is 1.96. The zero-order chi connectivity index (χ0) is 19.2. The van der Waals surface area contributed by atoms with Crippen molar-refractivity contribution in [2.24, 2.45) is 0 Å². The molecule has 146 valence electrons. The third-order valence-electron chi connectivity index (χ3n) is 4.96. The van der Waals surface area contributed by atoms with Gasteiger partial charge in [-0.05, 0) is 32.0 Å². The van der Waals surface area contributed by atoms with Crippen LogP contribution >= 0.6 is 0 Å². The molecule has 1 aliphatic heterocycles. The van der Waals surface area contributed by atoms with Gasteiger partial charge in [0.1, 0.15) is 11.9 Å². The molecule has 5 nitrogen and oxygen atoms in total. The maximum atomic E-state index is 6.48. The number of rotatable bonds is 7. The van der Waals surface area contributed by atoms with Crippen molar-refractivity contribution in [2.75, 3.05) is 33.9 Å². The van der Waals surface area contributed by atoms with Crippen LogP contribution in [-0.4, -0.2) is 51.0 Å². The Bertz CT molecular complexity index is 734. The number of morpholine rings is 1. The minimum atomic E-state index is -0.306. The van der Waals surface area contributed by atoms with Crippen molar-refractivity contribution in [1.82, 2.24) is 4.90 Å². The van der Waals surface area contributed by atoms with E-state index in [1.165, 1.54) is 0 Å². The maximum Gasteiger partial charge on any atom is 0.162 e. The summed E-state index contributed by atoms with van der Waals surface area (Å²) in [6.07, 6.45) is -0.415. The van der Waals surface area contributed by atoms with E-state index in [1.54, 1.807) is 14.2 Å². The Kier molecular flexibility index (Phi) is 6.58.